The zero-order valence-electron chi connectivity index (χ0n) is 18.5. The number of rotatable bonds is 7. The topological polar surface area (TPSA) is 104 Å². The number of hydrogen-bond acceptors (Lipinski definition) is 5. The van der Waals surface area contributed by atoms with Crippen molar-refractivity contribution in [3.8, 4) is 22.6 Å². The van der Waals surface area contributed by atoms with Crippen molar-refractivity contribution >= 4 is 16.9 Å². The monoisotopic (exact) mass is 468 g/mol. The third kappa shape index (κ3) is 4.49. The van der Waals surface area contributed by atoms with E-state index >= 15 is 0 Å². The molecular weight excluding hydrogens is 448 g/mol. The zero-order chi connectivity index (χ0) is 24.4. The molecule has 5 aromatic rings. The van der Waals surface area contributed by atoms with E-state index in [9.17, 15) is 19.5 Å². The van der Waals surface area contributed by atoms with Crippen molar-refractivity contribution in [1.29, 1.82) is 0 Å². The Kier molecular flexibility index (Phi) is 5.76. The summed E-state index contributed by atoms with van der Waals surface area (Å²) in [4.78, 5) is 37.4. The second kappa shape index (κ2) is 9.18. The number of fused-ring (bicyclic) bond motifs is 1. The summed E-state index contributed by atoms with van der Waals surface area (Å²) in [5, 5.41) is 9.40. The number of ether oxygens (including phenoxy) is 1. The average Bonchev–Trinajstić information content (AvgIpc) is 3.39. The second-order valence-electron chi connectivity index (χ2n) is 7.90. The Morgan fingerprint density at radius 2 is 1.54 bits per heavy atom. The minimum Gasteiger partial charge on any atom is -0.480 e. The van der Waals surface area contributed by atoms with Crippen molar-refractivity contribution in [1.82, 2.24) is 9.13 Å². The predicted molar refractivity (Wildman–Crippen MR) is 130 cm³/mol. The summed E-state index contributed by atoms with van der Waals surface area (Å²) in [6.45, 7) is -0.707. The van der Waals surface area contributed by atoms with Crippen LogP contribution in [0.4, 0.5) is 0 Å². The number of aliphatic carboxylic acids is 1. The smallest absolute Gasteiger partial charge is 0.332 e. The third-order valence-corrected chi connectivity index (χ3v) is 5.58. The average molecular weight is 468 g/mol. The van der Waals surface area contributed by atoms with Crippen LogP contribution in [0.5, 0.6) is 11.5 Å². The fourth-order valence-electron chi connectivity index (χ4n) is 3.93. The van der Waals surface area contributed by atoms with Crippen LogP contribution < -0.4 is 16.0 Å². The van der Waals surface area contributed by atoms with Gasteiger partial charge in [-0.2, -0.15) is 0 Å². The van der Waals surface area contributed by atoms with E-state index in [0.717, 1.165) is 11.1 Å². The quantitative estimate of drug-likeness (QED) is 0.381. The van der Waals surface area contributed by atoms with Crippen LogP contribution in [0.15, 0.2) is 105 Å². The molecule has 0 aliphatic rings. The first-order valence-corrected chi connectivity index (χ1v) is 10.8. The van der Waals surface area contributed by atoms with Gasteiger partial charge in [0.05, 0.1) is 23.7 Å². The van der Waals surface area contributed by atoms with Crippen molar-refractivity contribution in [2.75, 3.05) is 0 Å². The fourth-order valence-corrected chi connectivity index (χ4v) is 3.93. The Balaban J connectivity index is 1.54. The number of aromatic nitrogens is 2. The molecule has 0 saturated heterocycles. The van der Waals surface area contributed by atoms with Gasteiger partial charge in [-0.1, -0.05) is 42.5 Å². The number of carboxylic acid groups (broad SMARTS) is 1. The summed E-state index contributed by atoms with van der Waals surface area (Å²) >= 11 is 0. The number of nitrogens with zero attached hydrogens (tertiary/aromatic N) is 2. The van der Waals surface area contributed by atoms with E-state index < -0.39 is 23.8 Å². The lowest BCUT2D eigenvalue weighted by Gasteiger charge is -2.14. The Morgan fingerprint density at radius 1 is 0.829 bits per heavy atom. The lowest BCUT2D eigenvalue weighted by molar-refractivity contribution is -0.137. The first-order chi connectivity index (χ1) is 17.0. The minimum atomic E-state index is -1.29. The Morgan fingerprint density at radius 3 is 2.23 bits per heavy atom. The van der Waals surface area contributed by atoms with Crippen LogP contribution in [-0.4, -0.2) is 20.2 Å². The van der Waals surface area contributed by atoms with Crippen LogP contribution in [0, 0.1) is 0 Å². The van der Waals surface area contributed by atoms with Gasteiger partial charge in [0.25, 0.3) is 5.56 Å². The number of carbonyl (C=O) groups is 1. The van der Waals surface area contributed by atoms with Crippen molar-refractivity contribution in [2.45, 2.75) is 13.1 Å². The highest BCUT2D eigenvalue weighted by molar-refractivity contribution is 5.80. The Labute approximate surface area is 198 Å². The van der Waals surface area contributed by atoms with E-state index in [0.29, 0.717) is 27.3 Å². The molecule has 1 N–H and O–H groups in total. The molecule has 0 saturated carbocycles. The molecule has 174 valence electrons. The van der Waals surface area contributed by atoms with Gasteiger partial charge in [0, 0.05) is 0 Å². The standard InChI is InChI=1S/C27H20N2O6/c30-25(31)17-29-26(32)23-15-21(12-13-24(23)28(27(29)33)16-22-7-4-14-34-22)35-20-10-8-19(9-11-20)18-5-2-1-3-6-18/h1-15H,16-17H2,(H,30,31). The van der Waals surface area contributed by atoms with Crippen molar-refractivity contribution < 1.29 is 19.1 Å². The van der Waals surface area contributed by atoms with E-state index in [1.807, 2.05) is 54.6 Å². The maximum absolute atomic E-state index is 13.1. The summed E-state index contributed by atoms with van der Waals surface area (Å²) in [6.07, 6.45) is 1.48. The number of carboxylic acids is 1. The van der Waals surface area contributed by atoms with Crippen LogP contribution in [0.25, 0.3) is 22.0 Å². The van der Waals surface area contributed by atoms with Gasteiger partial charge in [-0.3, -0.25) is 14.2 Å². The maximum Gasteiger partial charge on any atom is 0.332 e. The van der Waals surface area contributed by atoms with Gasteiger partial charge < -0.3 is 14.3 Å². The van der Waals surface area contributed by atoms with Crippen LogP contribution in [-0.2, 0) is 17.9 Å². The molecule has 8 heteroatoms. The number of furan rings is 1. The van der Waals surface area contributed by atoms with Gasteiger partial charge in [0.15, 0.2) is 0 Å². The molecule has 0 fully saturated rings. The molecule has 0 radical (unpaired) electrons. The van der Waals surface area contributed by atoms with Gasteiger partial charge in [-0.15, -0.1) is 0 Å². The molecule has 0 aliphatic carbocycles. The van der Waals surface area contributed by atoms with Crippen molar-refractivity contribution in [3.63, 3.8) is 0 Å². The van der Waals surface area contributed by atoms with E-state index in [-0.39, 0.29) is 11.9 Å². The SMILES string of the molecule is O=C(O)Cn1c(=O)c2cc(Oc3ccc(-c4ccccc4)cc3)ccc2n(Cc2ccco2)c1=O. The number of benzene rings is 3. The molecule has 0 amide bonds. The molecular formula is C27H20N2O6. The fraction of sp³-hybridized carbons (Fsp3) is 0.0741. The molecule has 2 aromatic heterocycles. The van der Waals surface area contributed by atoms with E-state index in [1.54, 1.807) is 24.3 Å². The first kappa shape index (κ1) is 22.0. The molecule has 5 rings (SSSR count). The van der Waals surface area contributed by atoms with E-state index in [2.05, 4.69) is 0 Å². The highest BCUT2D eigenvalue weighted by atomic mass is 16.5. The van der Waals surface area contributed by atoms with E-state index in [1.165, 1.54) is 16.9 Å². The van der Waals surface area contributed by atoms with E-state index in [4.69, 9.17) is 9.15 Å². The Bertz CT molecular complexity index is 1620. The van der Waals surface area contributed by atoms with Crippen LogP contribution in [0.1, 0.15) is 5.76 Å². The lowest BCUT2D eigenvalue weighted by Crippen LogP contribution is -2.41. The molecule has 0 unspecified atom stereocenters. The summed E-state index contributed by atoms with van der Waals surface area (Å²) in [7, 11) is 0. The van der Waals surface area contributed by atoms with Crippen LogP contribution >= 0.6 is 0 Å². The Hall–Kier alpha value is -4.85. The maximum atomic E-state index is 13.1. The molecule has 3 aromatic carbocycles. The zero-order valence-corrected chi connectivity index (χ0v) is 18.5. The summed E-state index contributed by atoms with van der Waals surface area (Å²) in [6, 6.07) is 25.6. The second-order valence-corrected chi connectivity index (χ2v) is 7.90. The summed E-state index contributed by atoms with van der Waals surface area (Å²) in [5.74, 6) is 0.151. The molecule has 0 bridgehead atoms. The molecule has 0 aliphatic heterocycles. The van der Waals surface area contributed by atoms with Crippen molar-refractivity contribution in [3.05, 3.63) is 118 Å². The minimum absolute atomic E-state index is 0.0450. The number of hydrogen-bond donors (Lipinski definition) is 1. The molecule has 0 spiro atoms. The molecule has 35 heavy (non-hydrogen) atoms. The van der Waals surface area contributed by atoms with Gasteiger partial charge in [0.2, 0.25) is 0 Å². The summed E-state index contributed by atoms with van der Waals surface area (Å²) in [5.41, 5.74) is 1.04. The van der Waals surface area contributed by atoms with Gasteiger partial charge in [-0.05, 0) is 53.6 Å². The predicted octanol–water partition coefficient (Wildman–Crippen LogP) is 4.35. The van der Waals surface area contributed by atoms with Crippen molar-refractivity contribution in [2.24, 2.45) is 0 Å². The summed E-state index contributed by atoms with van der Waals surface area (Å²) < 4.78 is 13.3. The third-order valence-electron chi connectivity index (χ3n) is 5.58. The highest BCUT2D eigenvalue weighted by Gasteiger charge is 2.17. The van der Waals surface area contributed by atoms with Gasteiger partial charge in [0.1, 0.15) is 23.8 Å². The van der Waals surface area contributed by atoms with Crippen LogP contribution in [0.3, 0.4) is 0 Å². The van der Waals surface area contributed by atoms with Gasteiger partial charge in [-0.25, -0.2) is 9.36 Å². The molecule has 2 heterocycles. The highest BCUT2D eigenvalue weighted by Crippen LogP contribution is 2.27. The first-order valence-electron chi connectivity index (χ1n) is 10.8. The molecule has 0 atom stereocenters. The van der Waals surface area contributed by atoms with Crippen LogP contribution in [0.2, 0.25) is 0 Å². The normalized spacial score (nSPS) is 11.0. The van der Waals surface area contributed by atoms with Gasteiger partial charge >= 0.3 is 11.7 Å². The lowest BCUT2D eigenvalue weighted by atomic mass is 10.1. The largest absolute Gasteiger partial charge is 0.480 e. The molecule has 8 nitrogen and oxygen atoms in total.